The summed E-state index contributed by atoms with van der Waals surface area (Å²) in [4.78, 5) is 0.237. The summed E-state index contributed by atoms with van der Waals surface area (Å²) < 4.78 is 37.7. The number of rotatable bonds is 8. The third-order valence-electron chi connectivity index (χ3n) is 3.42. The lowest BCUT2D eigenvalue weighted by molar-refractivity contribution is 0.411. The fourth-order valence-electron chi connectivity index (χ4n) is 2.20. The molecular formula is C17H17N3O4S2. The van der Waals surface area contributed by atoms with Crippen LogP contribution in [0.25, 0.3) is 11.5 Å². The van der Waals surface area contributed by atoms with Gasteiger partial charge in [-0.2, -0.15) is 0 Å². The van der Waals surface area contributed by atoms with Gasteiger partial charge in [0, 0.05) is 12.3 Å². The third kappa shape index (κ3) is 4.43. The van der Waals surface area contributed by atoms with Crippen molar-refractivity contribution in [2.45, 2.75) is 10.1 Å². The molecule has 1 heterocycles. The van der Waals surface area contributed by atoms with E-state index in [2.05, 4.69) is 14.9 Å². The summed E-state index contributed by atoms with van der Waals surface area (Å²) in [6.45, 7) is 0.244. The molecule has 136 valence electrons. The second-order valence-electron chi connectivity index (χ2n) is 5.13. The molecule has 0 amide bonds. The summed E-state index contributed by atoms with van der Waals surface area (Å²) in [5.41, 5.74) is 0.708. The van der Waals surface area contributed by atoms with Gasteiger partial charge in [0.15, 0.2) is 0 Å². The summed E-state index contributed by atoms with van der Waals surface area (Å²) in [5, 5.41) is 8.35. The molecule has 0 aliphatic carbocycles. The molecule has 0 saturated heterocycles. The molecule has 0 aliphatic rings. The molecule has 1 aromatic heterocycles. The maximum Gasteiger partial charge on any atom is 0.276 e. The lowest BCUT2D eigenvalue weighted by Gasteiger charge is -2.05. The van der Waals surface area contributed by atoms with Crippen LogP contribution in [0.1, 0.15) is 0 Å². The zero-order valence-electron chi connectivity index (χ0n) is 14.0. The number of methoxy groups -OCH3 is 1. The average molecular weight is 391 g/mol. The number of hydrogen-bond donors (Lipinski definition) is 1. The van der Waals surface area contributed by atoms with Crippen molar-refractivity contribution in [3.05, 3.63) is 54.6 Å². The first-order valence-electron chi connectivity index (χ1n) is 7.74. The number of para-hydroxylation sites is 1. The maximum absolute atomic E-state index is 12.1. The molecule has 0 radical (unpaired) electrons. The quantitative estimate of drug-likeness (QED) is 0.466. The molecule has 2 aromatic carbocycles. The van der Waals surface area contributed by atoms with Crippen molar-refractivity contribution in [1.82, 2.24) is 14.9 Å². The molecule has 0 spiro atoms. The number of benzene rings is 2. The Morgan fingerprint density at radius 2 is 1.81 bits per heavy atom. The highest BCUT2D eigenvalue weighted by molar-refractivity contribution is 7.99. The van der Waals surface area contributed by atoms with Gasteiger partial charge < -0.3 is 9.15 Å². The van der Waals surface area contributed by atoms with Gasteiger partial charge in [0.2, 0.25) is 10.0 Å². The van der Waals surface area contributed by atoms with Crippen LogP contribution in [0.3, 0.4) is 0 Å². The topological polar surface area (TPSA) is 94.3 Å². The predicted octanol–water partition coefficient (Wildman–Crippen LogP) is 2.82. The second-order valence-corrected chi connectivity index (χ2v) is 7.95. The Hall–Kier alpha value is -2.36. The van der Waals surface area contributed by atoms with E-state index in [0.29, 0.717) is 28.2 Å². The fourth-order valence-corrected chi connectivity index (χ4v) is 3.99. The van der Waals surface area contributed by atoms with Gasteiger partial charge >= 0.3 is 0 Å². The standard InChI is InChI=1S/C17H17N3O4S2/c1-23-15-10-6-5-9-14(15)16-19-20-17(24-16)25-12-11-18-26(21,22)13-7-3-2-4-8-13/h2-10,18H,11-12H2,1H3. The molecule has 0 atom stereocenters. The summed E-state index contributed by atoms with van der Waals surface area (Å²) in [6, 6.07) is 15.6. The van der Waals surface area contributed by atoms with Gasteiger partial charge in [-0.3, -0.25) is 0 Å². The van der Waals surface area contributed by atoms with E-state index in [1.54, 1.807) is 37.4 Å². The first kappa shape index (κ1) is 18.4. The first-order chi connectivity index (χ1) is 12.6. The third-order valence-corrected chi connectivity index (χ3v) is 5.71. The van der Waals surface area contributed by atoms with Crippen LogP contribution in [-0.4, -0.2) is 38.0 Å². The van der Waals surface area contributed by atoms with Crippen molar-refractivity contribution >= 4 is 21.8 Å². The number of aromatic nitrogens is 2. The van der Waals surface area contributed by atoms with Crippen LogP contribution in [0.2, 0.25) is 0 Å². The number of sulfonamides is 1. The van der Waals surface area contributed by atoms with E-state index in [0.717, 1.165) is 0 Å². The van der Waals surface area contributed by atoms with Crippen LogP contribution < -0.4 is 9.46 Å². The number of hydrogen-bond acceptors (Lipinski definition) is 7. The fraction of sp³-hybridized carbons (Fsp3) is 0.176. The lowest BCUT2D eigenvalue weighted by atomic mass is 10.2. The summed E-state index contributed by atoms with van der Waals surface area (Å²) in [7, 11) is -1.93. The number of nitrogens with zero attached hydrogens (tertiary/aromatic N) is 2. The van der Waals surface area contributed by atoms with Gasteiger partial charge in [-0.25, -0.2) is 13.1 Å². The predicted molar refractivity (Wildman–Crippen MR) is 98.6 cm³/mol. The molecule has 1 N–H and O–H groups in total. The maximum atomic E-state index is 12.1. The first-order valence-corrected chi connectivity index (χ1v) is 10.2. The van der Waals surface area contributed by atoms with Crippen molar-refractivity contribution < 1.29 is 17.6 Å². The minimum Gasteiger partial charge on any atom is -0.496 e. The molecule has 7 nitrogen and oxygen atoms in total. The Balaban J connectivity index is 1.56. The minimum absolute atomic E-state index is 0.237. The van der Waals surface area contributed by atoms with E-state index < -0.39 is 10.0 Å². The Kier molecular flexibility index (Phi) is 5.92. The van der Waals surface area contributed by atoms with Gasteiger partial charge in [0.1, 0.15) is 5.75 Å². The van der Waals surface area contributed by atoms with Crippen LogP contribution in [0.5, 0.6) is 5.75 Å². The Morgan fingerprint density at radius 1 is 1.08 bits per heavy atom. The van der Waals surface area contributed by atoms with Crippen LogP contribution in [0, 0.1) is 0 Å². The Morgan fingerprint density at radius 3 is 2.58 bits per heavy atom. The van der Waals surface area contributed by atoms with E-state index in [-0.39, 0.29) is 11.4 Å². The van der Waals surface area contributed by atoms with E-state index in [4.69, 9.17) is 9.15 Å². The molecule has 0 fully saturated rings. The number of ether oxygens (including phenoxy) is 1. The van der Waals surface area contributed by atoms with E-state index in [1.165, 1.54) is 11.8 Å². The molecule has 0 aliphatic heterocycles. The van der Waals surface area contributed by atoms with Gasteiger partial charge in [-0.1, -0.05) is 42.1 Å². The van der Waals surface area contributed by atoms with Crippen LogP contribution in [-0.2, 0) is 10.0 Å². The SMILES string of the molecule is COc1ccccc1-c1nnc(SCCNS(=O)(=O)c2ccccc2)o1. The van der Waals surface area contributed by atoms with E-state index in [9.17, 15) is 8.42 Å². The van der Waals surface area contributed by atoms with E-state index in [1.807, 2.05) is 24.3 Å². The zero-order valence-corrected chi connectivity index (χ0v) is 15.6. The largest absolute Gasteiger partial charge is 0.496 e. The van der Waals surface area contributed by atoms with Gasteiger partial charge in [-0.05, 0) is 24.3 Å². The van der Waals surface area contributed by atoms with Gasteiger partial charge in [0.05, 0.1) is 17.6 Å². The minimum atomic E-state index is -3.51. The average Bonchev–Trinajstić information content (AvgIpc) is 3.15. The van der Waals surface area contributed by atoms with Crippen LogP contribution in [0.15, 0.2) is 69.1 Å². The van der Waals surface area contributed by atoms with Crippen molar-refractivity contribution in [3.8, 4) is 17.2 Å². The van der Waals surface area contributed by atoms with Crippen LogP contribution >= 0.6 is 11.8 Å². The molecule has 9 heteroatoms. The van der Waals surface area contributed by atoms with Crippen molar-refractivity contribution in [3.63, 3.8) is 0 Å². The van der Waals surface area contributed by atoms with E-state index >= 15 is 0 Å². The molecule has 0 bridgehead atoms. The lowest BCUT2D eigenvalue weighted by Crippen LogP contribution is -2.25. The van der Waals surface area contributed by atoms with Gasteiger partial charge in [-0.15, -0.1) is 10.2 Å². The Bertz CT molecular complexity index is 959. The second kappa shape index (κ2) is 8.35. The molecular weight excluding hydrogens is 374 g/mol. The molecule has 3 rings (SSSR count). The van der Waals surface area contributed by atoms with Crippen LogP contribution in [0.4, 0.5) is 0 Å². The number of thioether (sulfide) groups is 1. The van der Waals surface area contributed by atoms with Crippen molar-refractivity contribution in [2.75, 3.05) is 19.4 Å². The zero-order chi connectivity index (χ0) is 18.4. The smallest absolute Gasteiger partial charge is 0.276 e. The molecule has 0 saturated carbocycles. The highest BCUT2D eigenvalue weighted by atomic mass is 32.2. The highest BCUT2D eigenvalue weighted by Gasteiger charge is 2.15. The summed E-state index contributed by atoms with van der Waals surface area (Å²) >= 11 is 1.28. The molecule has 3 aromatic rings. The normalized spacial score (nSPS) is 11.4. The molecule has 0 unspecified atom stereocenters. The highest BCUT2D eigenvalue weighted by Crippen LogP contribution is 2.30. The van der Waals surface area contributed by atoms with Crippen molar-refractivity contribution in [2.24, 2.45) is 0 Å². The van der Waals surface area contributed by atoms with Gasteiger partial charge in [0.25, 0.3) is 11.1 Å². The summed E-state index contributed by atoms with van der Waals surface area (Å²) in [5.74, 6) is 1.46. The number of nitrogens with one attached hydrogen (secondary N) is 1. The molecule has 26 heavy (non-hydrogen) atoms. The Labute approximate surface area is 155 Å². The summed E-state index contributed by atoms with van der Waals surface area (Å²) in [6.07, 6.45) is 0. The monoisotopic (exact) mass is 391 g/mol. The van der Waals surface area contributed by atoms with Crippen molar-refractivity contribution in [1.29, 1.82) is 0 Å².